The van der Waals surface area contributed by atoms with Gasteiger partial charge in [0.15, 0.2) is 0 Å². The second-order valence-electron chi connectivity index (χ2n) is 8.50. The van der Waals surface area contributed by atoms with Crippen LogP contribution in [0.15, 0.2) is 67.0 Å². The van der Waals surface area contributed by atoms with E-state index in [-0.39, 0.29) is 11.9 Å². The lowest BCUT2D eigenvalue weighted by Gasteiger charge is -2.24. The molecule has 2 heterocycles. The average molecular weight is 426 g/mol. The van der Waals surface area contributed by atoms with Crippen molar-refractivity contribution in [3.63, 3.8) is 0 Å². The first-order chi connectivity index (χ1) is 15.6. The first kappa shape index (κ1) is 20.2. The fourth-order valence-electron chi connectivity index (χ4n) is 4.48. The van der Waals surface area contributed by atoms with Crippen LogP contribution < -0.4 is 5.32 Å². The molecule has 0 spiro atoms. The summed E-state index contributed by atoms with van der Waals surface area (Å²) >= 11 is 0. The minimum Gasteiger partial charge on any atom is -0.345 e. The number of hydrogen-bond donors (Lipinski definition) is 1. The number of carbonyl (C=O) groups is 1. The summed E-state index contributed by atoms with van der Waals surface area (Å²) < 4.78 is 3.89. The van der Waals surface area contributed by atoms with E-state index < -0.39 is 0 Å². The number of benzene rings is 2. The van der Waals surface area contributed by atoms with Crippen LogP contribution in [0, 0.1) is 13.8 Å². The van der Waals surface area contributed by atoms with E-state index in [1.807, 2.05) is 60.3 Å². The lowest BCUT2D eigenvalue weighted by molar-refractivity contribution is 0.0932. The zero-order valence-corrected chi connectivity index (χ0v) is 18.5. The molecule has 0 saturated carbocycles. The fourth-order valence-corrected chi connectivity index (χ4v) is 4.48. The van der Waals surface area contributed by atoms with Crippen molar-refractivity contribution in [1.29, 1.82) is 0 Å². The van der Waals surface area contributed by atoms with Gasteiger partial charge in [-0.2, -0.15) is 10.2 Å². The highest BCUT2D eigenvalue weighted by molar-refractivity contribution is 5.95. The van der Waals surface area contributed by atoms with E-state index in [1.54, 1.807) is 6.20 Å². The molecule has 2 aromatic heterocycles. The third-order valence-corrected chi connectivity index (χ3v) is 6.28. The van der Waals surface area contributed by atoms with Gasteiger partial charge in [0, 0.05) is 11.3 Å². The van der Waals surface area contributed by atoms with Gasteiger partial charge in [0.1, 0.15) is 0 Å². The number of nitrogens with one attached hydrogen (secondary N) is 1. The van der Waals surface area contributed by atoms with Crippen LogP contribution in [-0.2, 0) is 13.0 Å². The van der Waals surface area contributed by atoms with E-state index in [9.17, 15) is 4.79 Å². The number of nitrogens with zero attached hydrogens (tertiary/aromatic N) is 4. The molecule has 1 aliphatic rings. The maximum Gasteiger partial charge on any atom is 0.255 e. The van der Waals surface area contributed by atoms with Crippen LogP contribution in [0.25, 0.3) is 5.69 Å². The molecular formula is C26H27N5O. The molecule has 0 saturated heterocycles. The summed E-state index contributed by atoms with van der Waals surface area (Å²) in [5, 5.41) is 12.3. The molecule has 0 radical (unpaired) electrons. The highest BCUT2D eigenvalue weighted by Crippen LogP contribution is 2.30. The molecule has 1 aliphatic carbocycles. The lowest BCUT2D eigenvalue weighted by Crippen LogP contribution is -2.31. The Bertz CT molecular complexity index is 1240. The number of aryl methyl sites for hydroxylation is 1. The van der Waals surface area contributed by atoms with Gasteiger partial charge in [-0.05, 0) is 50.8 Å². The van der Waals surface area contributed by atoms with E-state index in [0.29, 0.717) is 5.56 Å². The summed E-state index contributed by atoms with van der Waals surface area (Å²) in [6.07, 6.45) is 6.51. The molecule has 5 rings (SSSR count). The maximum atomic E-state index is 13.1. The quantitative estimate of drug-likeness (QED) is 0.510. The second kappa shape index (κ2) is 8.46. The summed E-state index contributed by atoms with van der Waals surface area (Å²) in [5.41, 5.74) is 7.16. The minimum absolute atomic E-state index is 0.0297. The fraction of sp³-hybridized carbons (Fsp3) is 0.269. The summed E-state index contributed by atoms with van der Waals surface area (Å²) in [6.45, 7) is 4.74. The highest BCUT2D eigenvalue weighted by Gasteiger charge is 2.27. The van der Waals surface area contributed by atoms with Gasteiger partial charge >= 0.3 is 0 Å². The maximum absolute atomic E-state index is 13.1. The number of rotatable bonds is 5. The Morgan fingerprint density at radius 1 is 1.03 bits per heavy atom. The standard InChI is InChI=1S/C26H27N5O/c1-18-11-13-21(14-12-18)31-19(2)22(15-28-31)26(32)29-24-9-6-10-25-23(24)16-27-30(25)17-20-7-4-3-5-8-20/h3-5,7-8,11-16,24H,6,9-10,17H2,1-2H3,(H,29,32). The van der Waals surface area contributed by atoms with Crippen molar-refractivity contribution in [1.82, 2.24) is 24.9 Å². The van der Waals surface area contributed by atoms with Crippen LogP contribution in [0.5, 0.6) is 0 Å². The Labute approximate surface area is 187 Å². The van der Waals surface area contributed by atoms with Crippen molar-refractivity contribution in [3.05, 3.63) is 101 Å². The van der Waals surface area contributed by atoms with Crippen LogP contribution in [0.2, 0.25) is 0 Å². The number of carbonyl (C=O) groups excluding carboxylic acids is 1. The molecule has 6 heteroatoms. The van der Waals surface area contributed by atoms with Crippen LogP contribution in [-0.4, -0.2) is 25.5 Å². The van der Waals surface area contributed by atoms with Crippen molar-refractivity contribution < 1.29 is 4.79 Å². The molecule has 0 fully saturated rings. The average Bonchev–Trinajstić information content (AvgIpc) is 3.39. The van der Waals surface area contributed by atoms with Gasteiger partial charge in [-0.3, -0.25) is 9.48 Å². The molecule has 1 atom stereocenters. The van der Waals surface area contributed by atoms with E-state index >= 15 is 0 Å². The minimum atomic E-state index is -0.0884. The first-order valence-corrected chi connectivity index (χ1v) is 11.1. The Morgan fingerprint density at radius 2 is 1.81 bits per heavy atom. The lowest BCUT2D eigenvalue weighted by atomic mass is 9.92. The monoisotopic (exact) mass is 425 g/mol. The summed E-state index contributed by atoms with van der Waals surface area (Å²) in [7, 11) is 0. The highest BCUT2D eigenvalue weighted by atomic mass is 16.1. The summed E-state index contributed by atoms with van der Waals surface area (Å²) in [4.78, 5) is 13.1. The Morgan fingerprint density at radius 3 is 2.59 bits per heavy atom. The summed E-state index contributed by atoms with van der Waals surface area (Å²) in [6, 6.07) is 18.5. The number of fused-ring (bicyclic) bond motifs is 1. The summed E-state index contributed by atoms with van der Waals surface area (Å²) in [5.74, 6) is -0.0884. The van der Waals surface area contributed by atoms with Crippen LogP contribution in [0.4, 0.5) is 0 Å². The number of hydrogen-bond acceptors (Lipinski definition) is 3. The topological polar surface area (TPSA) is 64.7 Å². The van der Waals surface area contributed by atoms with Gasteiger partial charge in [0.2, 0.25) is 0 Å². The van der Waals surface area contributed by atoms with Crippen molar-refractivity contribution in [3.8, 4) is 5.69 Å². The molecule has 4 aromatic rings. The van der Waals surface area contributed by atoms with E-state index in [4.69, 9.17) is 0 Å². The van der Waals surface area contributed by atoms with Crippen LogP contribution in [0.3, 0.4) is 0 Å². The predicted molar refractivity (Wildman–Crippen MR) is 124 cm³/mol. The Hall–Kier alpha value is -3.67. The predicted octanol–water partition coefficient (Wildman–Crippen LogP) is 4.54. The van der Waals surface area contributed by atoms with Gasteiger partial charge in [0.05, 0.1) is 41.9 Å². The molecule has 2 aromatic carbocycles. The molecule has 1 N–H and O–H groups in total. The van der Waals surface area contributed by atoms with Crippen molar-refractivity contribution in [2.75, 3.05) is 0 Å². The van der Waals surface area contributed by atoms with Crippen molar-refractivity contribution in [2.45, 2.75) is 45.7 Å². The molecule has 0 aliphatic heterocycles. The molecular weight excluding hydrogens is 398 g/mol. The molecule has 0 bridgehead atoms. The van der Waals surface area contributed by atoms with Crippen molar-refractivity contribution in [2.24, 2.45) is 0 Å². The van der Waals surface area contributed by atoms with Crippen molar-refractivity contribution >= 4 is 5.91 Å². The first-order valence-electron chi connectivity index (χ1n) is 11.1. The molecule has 1 unspecified atom stereocenters. The van der Waals surface area contributed by atoms with Gasteiger partial charge in [-0.25, -0.2) is 4.68 Å². The van der Waals surface area contributed by atoms with E-state index in [2.05, 4.69) is 39.3 Å². The number of aromatic nitrogens is 4. The van der Waals surface area contributed by atoms with Gasteiger partial charge < -0.3 is 5.32 Å². The Kier molecular flexibility index (Phi) is 5.35. The smallest absolute Gasteiger partial charge is 0.255 e. The second-order valence-corrected chi connectivity index (χ2v) is 8.50. The van der Waals surface area contributed by atoms with Gasteiger partial charge in [-0.15, -0.1) is 0 Å². The molecule has 162 valence electrons. The van der Waals surface area contributed by atoms with Gasteiger partial charge in [0.25, 0.3) is 5.91 Å². The zero-order chi connectivity index (χ0) is 22.1. The Balaban J connectivity index is 1.35. The largest absolute Gasteiger partial charge is 0.345 e. The number of amides is 1. The van der Waals surface area contributed by atoms with Crippen LogP contribution in [0.1, 0.15) is 57.3 Å². The molecule has 32 heavy (non-hydrogen) atoms. The van der Waals surface area contributed by atoms with E-state index in [0.717, 1.165) is 42.8 Å². The van der Waals surface area contributed by atoms with Crippen LogP contribution >= 0.6 is 0 Å². The zero-order valence-electron chi connectivity index (χ0n) is 18.5. The van der Waals surface area contributed by atoms with E-state index in [1.165, 1.54) is 16.8 Å². The third-order valence-electron chi connectivity index (χ3n) is 6.28. The molecule has 6 nitrogen and oxygen atoms in total. The normalized spacial score (nSPS) is 15.4. The van der Waals surface area contributed by atoms with Gasteiger partial charge in [-0.1, -0.05) is 48.0 Å². The molecule has 1 amide bonds. The SMILES string of the molecule is Cc1ccc(-n2ncc(C(=O)NC3CCCc4c3cnn4Cc3ccccc3)c2C)cc1. The third kappa shape index (κ3) is 3.84.